The maximum atomic E-state index is 12.5. The number of aromatic amines is 1. The molecule has 5 heteroatoms. The van der Waals surface area contributed by atoms with Crippen molar-refractivity contribution < 1.29 is 4.79 Å². The number of amides is 1. The van der Waals surface area contributed by atoms with E-state index in [4.69, 9.17) is 5.73 Å². The summed E-state index contributed by atoms with van der Waals surface area (Å²) >= 11 is 0. The number of nitrogens with two attached hydrogens (primary N) is 1. The fourth-order valence-electron chi connectivity index (χ4n) is 3.18. The van der Waals surface area contributed by atoms with Crippen LogP contribution in [0.3, 0.4) is 0 Å². The van der Waals surface area contributed by atoms with E-state index in [0.29, 0.717) is 12.5 Å². The molecule has 1 aliphatic rings. The maximum absolute atomic E-state index is 12.5. The number of carbonyl (C=O) groups is 1. The predicted molar refractivity (Wildman–Crippen MR) is 78.8 cm³/mol. The summed E-state index contributed by atoms with van der Waals surface area (Å²) in [5.74, 6) is 0.515. The van der Waals surface area contributed by atoms with Crippen LogP contribution in [0.25, 0.3) is 0 Å². The molecule has 1 heterocycles. The van der Waals surface area contributed by atoms with Gasteiger partial charge in [0.15, 0.2) is 0 Å². The second kappa shape index (κ2) is 5.56. The molecule has 1 fully saturated rings. The normalized spacial score (nSPS) is 29.1. The van der Waals surface area contributed by atoms with Gasteiger partial charge in [-0.15, -0.1) is 0 Å². The first-order valence-corrected chi connectivity index (χ1v) is 7.36. The molecule has 1 saturated carbocycles. The number of hydrogen-bond donors (Lipinski definition) is 3. The maximum Gasteiger partial charge on any atom is 0.223 e. The van der Waals surface area contributed by atoms with Crippen LogP contribution >= 0.6 is 0 Å². The summed E-state index contributed by atoms with van der Waals surface area (Å²) in [5, 5.41) is 9.90. The highest BCUT2D eigenvalue weighted by atomic mass is 16.1. The first-order valence-electron chi connectivity index (χ1n) is 7.36. The standard InChI is InChI=1S/C15H26N4O/c1-9-13(16)6-5-12(15(9,3)4)14(20)17-7-11-8-18-19-10(11)2/h8-9,12-13H,5-7,16H2,1-4H3,(H,17,20)(H,18,19). The molecule has 3 atom stereocenters. The molecule has 0 aromatic carbocycles. The van der Waals surface area contributed by atoms with Gasteiger partial charge in [0.1, 0.15) is 0 Å². The van der Waals surface area contributed by atoms with Crippen LogP contribution in [0.5, 0.6) is 0 Å². The monoisotopic (exact) mass is 278 g/mol. The largest absolute Gasteiger partial charge is 0.352 e. The smallest absolute Gasteiger partial charge is 0.223 e. The number of carbonyl (C=O) groups excluding carboxylic acids is 1. The Morgan fingerprint density at radius 3 is 2.85 bits per heavy atom. The first kappa shape index (κ1) is 15.0. The number of H-pyrrole nitrogens is 1. The number of nitrogens with zero attached hydrogens (tertiary/aromatic N) is 1. The molecule has 0 radical (unpaired) electrons. The molecular weight excluding hydrogens is 252 g/mol. The Labute approximate surface area is 120 Å². The Balaban J connectivity index is 2.00. The van der Waals surface area contributed by atoms with Crippen LogP contribution in [0.2, 0.25) is 0 Å². The van der Waals surface area contributed by atoms with Crippen molar-refractivity contribution in [3.63, 3.8) is 0 Å². The van der Waals surface area contributed by atoms with Gasteiger partial charge in [0, 0.05) is 29.8 Å². The number of rotatable bonds is 3. The lowest BCUT2D eigenvalue weighted by molar-refractivity contribution is -0.132. The van der Waals surface area contributed by atoms with E-state index in [0.717, 1.165) is 24.1 Å². The van der Waals surface area contributed by atoms with Gasteiger partial charge in [0.05, 0.1) is 6.20 Å². The van der Waals surface area contributed by atoms with E-state index in [9.17, 15) is 4.79 Å². The van der Waals surface area contributed by atoms with Crippen molar-refractivity contribution in [1.82, 2.24) is 15.5 Å². The lowest BCUT2D eigenvalue weighted by atomic mass is 9.61. The van der Waals surface area contributed by atoms with Gasteiger partial charge in [0.25, 0.3) is 0 Å². The molecule has 112 valence electrons. The molecule has 1 aliphatic carbocycles. The van der Waals surface area contributed by atoms with Gasteiger partial charge in [-0.25, -0.2) is 0 Å². The van der Waals surface area contributed by atoms with E-state index < -0.39 is 0 Å². The van der Waals surface area contributed by atoms with Crippen LogP contribution in [0, 0.1) is 24.2 Å². The van der Waals surface area contributed by atoms with E-state index in [1.807, 2.05) is 6.92 Å². The lowest BCUT2D eigenvalue weighted by Crippen LogP contribution is -2.51. The molecule has 0 bridgehead atoms. The Morgan fingerprint density at radius 1 is 1.55 bits per heavy atom. The van der Waals surface area contributed by atoms with E-state index in [-0.39, 0.29) is 23.3 Å². The number of aromatic nitrogens is 2. The Morgan fingerprint density at radius 2 is 2.25 bits per heavy atom. The van der Waals surface area contributed by atoms with Crippen molar-refractivity contribution in [3.8, 4) is 0 Å². The summed E-state index contributed by atoms with van der Waals surface area (Å²) in [4.78, 5) is 12.5. The van der Waals surface area contributed by atoms with Crippen LogP contribution < -0.4 is 11.1 Å². The second-order valence-electron chi connectivity index (χ2n) is 6.64. The average molecular weight is 278 g/mol. The average Bonchev–Trinajstić information content (AvgIpc) is 2.79. The van der Waals surface area contributed by atoms with Crippen molar-refractivity contribution >= 4 is 5.91 Å². The molecular formula is C15H26N4O. The summed E-state index contributed by atoms with van der Waals surface area (Å²) in [6, 6.07) is 0.199. The molecule has 2 rings (SSSR count). The third-order valence-electron chi connectivity index (χ3n) is 5.21. The van der Waals surface area contributed by atoms with Gasteiger partial charge in [-0.1, -0.05) is 20.8 Å². The predicted octanol–water partition coefficient (Wildman–Crippen LogP) is 1.73. The zero-order valence-electron chi connectivity index (χ0n) is 12.9. The highest BCUT2D eigenvalue weighted by Crippen LogP contribution is 2.44. The number of hydrogen-bond acceptors (Lipinski definition) is 3. The van der Waals surface area contributed by atoms with Crippen molar-refractivity contribution in [1.29, 1.82) is 0 Å². The number of nitrogens with one attached hydrogen (secondary N) is 2. The second-order valence-corrected chi connectivity index (χ2v) is 6.64. The van der Waals surface area contributed by atoms with Gasteiger partial charge < -0.3 is 11.1 Å². The Bertz CT molecular complexity index is 480. The minimum Gasteiger partial charge on any atom is -0.352 e. The van der Waals surface area contributed by atoms with Gasteiger partial charge in [-0.2, -0.15) is 5.10 Å². The van der Waals surface area contributed by atoms with Crippen LogP contribution in [-0.4, -0.2) is 22.1 Å². The summed E-state index contributed by atoms with van der Waals surface area (Å²) < 4.78 is 0. The van der Waals surface area contributed by atoms with E-state index in [2.05, 4.69) is 36.3 Å². The lowest BCUT2D eigenvalue weighted by Gasteiger charge is -2.46. The fourth-order valence-corrected chi connectivity index (χ4v) is 3.18. The quantitative estimate of drug-likeness (QED) is 0.787. The molecule has 5 nitrogen and oxygen atoms in total. The summed E-state index contributed by atoms with van der Waals surface area (Å²) in [6.07, 6.45) is 3.56. The zero-order valence-corrected chi connectivity index (χ0v) is 12.9. The fraction of sp³-hybridized carbons (Fsp3) is 0.733. The molecule has 1 aromatic heterocycles. The van der Waals surface area contributed by atoms with Gasteiger partial charge >= 0.3 is 0 Å². The van der Waals surface area contributed by atoms with E-state index in [1.54, 1.807) is 6.20 Å². The number of aryl methyl sites for hydroxylation is 1. The highest BCUT2D eigenvalue weighted by molar-refractivity contribution is 5.79. The summed E-state index contributed by atoms with van der Waals surface area (Å²) in [7, 11) is 0. The van der Waals surface area contributed by atoms with Crippen molar-refractivity contribution in [2.45, 2.75) is 53.1 Å². The molecule has 4 N–H and O–H groups in total. The minimum absolute atomic E-state index is 0.0320. The van der Waals surface area contributed by atoms with Gasteiger partial charge in [0.2, 0.25) is 5.91 Å². The van der Waals surface area contributed by atoms with E-state index >= 15 is 0 Å². The minimum atomic E-state index is -0.0623. The van der Waals surface area contributed by atoms with Crippen LogP contribution in [0.4, 0.5) is 0 Å². The highest BCUT2D eigenvalue weighted by Gasteiger charge is 2.44. The van der Waals surface area contributed by atoms with Gasteiger partial charge in [-0.3, -0.25) is 9.89 Å². The molecule has 0 spiro atoms. The van der Waals surface area contributed by atoms with E-state index in [1.165, 1.54) is 0 Å². The summed E-state index contributed by atoms with van der Waals surface area (Å²) in [6.45, 7) is 8.96. The van der Waals surface area contributed by atoms with Crippen molar-refractivity contribution in [2.24, 2.45) is 23.0 Å². The topological polar surface area (TPSA) is 83.8 Å². The summed E-state index contributed by atoms with van der Waals surface area (Å²) in [5.41, 5.74) is 8.12. The van der Waals surface area contributed by atoms with Crippen molar-refractivity contribution in [2.75, 3.05) is 0 Å². The molecule has 0 aliphatic heterocycles. The van der Waals surface area contributed by atoms with Crippen molar-refractivity contribution in [3.05, 3.63) is 17.5 Å². The molecule has 0 saturated heterocycles. The molecule has 20 heavy (non-hydrogen) atoms. The SMILES string of the molecule is Cc1[nH]ncc1CNC(=O)C1CCC(N)C(C)C1(C)C. The molecule has 3 unspecified atom stereocenters. The van der Waals surface area contributed by atoms with Crippen LogP contribution in [0.15, 0.2) is 6.20 Å². The molecule has 1 amide bonds. The van der Waals surface area contributed by atoms with Crippen LogP contribution in [-0.2, 0) is 11.3 Å². The van der Waals surface area contributed by atoms with Crippen LogP contribution in [0.1, 0.15) is 44.9 Å². The third-order valence-corrected chi connectivity index (χ3v) is 5.21. The zero-order chi connectivity index (χ0) is 14.9. The van der Waals surface area contributed by atoms with Gasteiger partial charge in [-0.05, 0) is 31.1 Å². The Kier molecular flexibility index (Phi) is 4.18. The first-order chi connectivity index (χ1) is 9.34. The molecule has 1 aromatic rings. The Hall–Kier alpha value is -1.36. The third kappa shape index (κ3) is 2.73.